The van der Waals surface area contributed by atoms with Crippen LogP contribution in [-0.2, 0) is 11.2 Å². The number of hydrogen-bond acceptors (Lipinski definition) is 4. The zero-order chi connectivity index (χ0) is 18.7. The predicted octanol–water partition coefficient (Wildman–Crippen LogP) is 4.73. The lowest BCUT2D eigenvalue weighted by molar-refractivity contribution is -0.118. The van der Waals surface area contributed by atoms with Crippen LogP contribution in [0.4, 0.5) is 14.5 Å². The molecule has 0 bridgehead atoms. The van der Waals surface area contributed by atoms with E-state index in [0.29, 0.717) is 33.8 Å². The van der Waals surface area contributed by atoms with Crippen LogP contribution >= 0.6 is 11.8 Å². The highest BCUT2D eigenvalue weighted by atomic mass is 32.2. The number of amides is 1. The number of rotatable bonds is 6. The maximum atomic E-state index is 12.3. The molecule has 0 aliphatic carbocycles. The molecule has 0 unspecified atom stereocenters. The molecule has 1 N–H and O–H groups in total. The van der Waals surface area contributed by atoms with Crippen molar-refractivity contribution >= 4 is 23.4 Å². The normalized spacial score (nSPS) is 14.7. The van der Waals surface area contributed by atoms with E-state index in [1.807, 2.05) is 26.0 Å². The number of halogens is 2. The average molecular weight is 379 g/mol. The molecule has 1 amide bonds. The van der Waals surface area contributed by atoms with Gasteiger partial charge in [0.15, 0.2) is 18.1 Å². The predicted molar refractivity (Wildman–Crippen MR) is 97.3 cm³/mol. The second kappa shape index (κ2) is 7.53. The van der Waals surface area contributed by atoms with Crippen molar-refractivity contribution in [1.82, 2.24) is 0 Å². The number of ether oxygens (including phenoxy) is 2. The van der Waals surface area contributed by atoms with Crippen LogP contribution in [0.2, 0.25) is 0 Å². The summed E-state index contributed by atoms with van der Waals surface area (Å²) in [5.41, 5.74) is 1.29. The van der Waals surface area contributed by atoms with Gasteiger partial charge in [-0.05, 0) is 44.2 Å². The molecule has 1 aliphatic heterocycles. The van der Waals surface area contributed by atoms with E-state index in [1.54, 1.807) is 18.2 Å². The number of hydrogen-bond donors (Lipinski definition) is 1. The van der Waals surface area contributed by atoms with Crippen LogP contribution in [0.3, 0.4) is 0 Å². The highest BCUT2D eigenvalue weighted by Gasteiger charge is 2.32. The third-order valence-electron chi connectivity index (χ3n) is 3.78. The molecule has 2 aromatic carbocycles. The molecule has 4 nitrogen and oxygen atoms in total. The van der Waals surface area contributed by atoms with Crippen molar-refractivity contribution in [3.05, 3.63) is 48.0 Å². The van der Waals surface area contributed by atoms with Crippen molar-refractivity contribution in [3.63, 3.8) is 0 Å². The number of fused-ring (bicyclic) bond motifs is 1. The number of nitrogens with one attached hydrogen (secondary N) is 1. The fourth-order valence-corrected chi connectivity index (χ4v) is 3.26. The minimum atomic E-state index is -2.47. The van der Waals surface area contributed by atoms with Crippen molar-refractivity contribution < 1.29 is 23.0 Å². The standard InChI is InChI=1S/C19H19F2NO3S/c1-19(2)10-12-4-3-5-15(17(12)25-19)24-11-16(23)22-13-6-8-14(9-7-13)26-18(20)21/h3-9,18H,10-11H2,1-2H3,(H,22,23). The zero-order valence-electron chi connectivity index (χ0n) is 14.4. The molecule has 3 rings (SSSR count). The molecule has 0 aromatic heterocycles. The van der Waals surface area contributed by atoms with E-state index in [2.05, 4.69) is 5.32 Å². The van der Waals surface area contributed by atoms with Crippen LogP contribution in [0.5, 0.6) is 11.5 Å². The van der Waals surface area contributed by atoms with E-state index in [4.69, 9.17) is 9.47 Å². The number of thioether (sulfide) groups is 1. The van der Waals surface area contributed by atoms with Crippen molar-refractivity contribution in [1.29, 1.82) is 0 Å². The smallest absolute Gasteiger partial charge is 0.288 e. The largest absolute Gasteiger partial charge is 0.483 e. The molecule has 0 spiro atoms. The zero-order valence-corrected chi connectivity index (χ0v) is 15.2. The van der Waals surface area contributed by atoms with Gasteiger partial charge in [-0.25, -0.2) is 0 Å². The Kier molecular flexibility index (Phi) is 5.36. The summed E-state index contributed by atoms with van der Waals surface area (Å²) in [6, 6.07) is 11.8. The topological polar surface area (TPSA) is 47.6 Å². The van der Waals surface area contributed by atoms with E-state index in [1.165, 1.54) is 12.1 Å². The van der Waals surface area contributed by atoms with Gasteiger partial charge in [0.1, 0.15) is 5.60 Å². The second-order valence-corrected chi connectivity index (χ2v) is 7.59. The lowest BCUT2D eigenvalue weighted by atomic mass is 10.0. The van der Waals surface area contributed by atoms with Crippen LogP contribution in [0.15, 0.2) is 47.4 Å². The Balaban J connectivity index is 1.56. The average Bonchev–Trinajstić information content (AvgIpc) is 2.88. The maximum absolute atomic E-state index is 12.3. The Morgan fingerprint density at radius 1 is 1.27 bits per heavy atom. The van der Waals surface area contributed by atoms with Crippen LogP contribution in [0.1, 0.15) is 19.4 Å². The van der Waals surface area contributed by atoms with Crippen molar-refractivity contribution in [2.45, 2.75) is 36.5 Å². The van der Waals surface area contributed by atoms with E-state index >= 15 is 0 Å². The van der Waals surface area contributed by atoms with Gasteiger partial charge in [0.25, 0.3) is 11.7 Å². The van der Waals surface area contributed by atoms with Gasteiger partial charge in [-0.3, -0.25) is 4.79 Å². The summed E-state index contributed by atoms with van der Waals surface area (Å²) in [7, 11) is 0. The second-order valence-electron chi connectivity index (χ2n) is 6.52. The molecule has 0 saturated carbocycles. The van der Waals surface area contributed by atoms with Crippen molar-refractivity contribution in [3.8, 4) is 11.5 Å². The van der Waals surface area contributed by atoms with Crippen LogP contribution in [-0.4, -0.2) is 23.9 Å². The first-order valence-electron chi connectivity index (χ1n) is 8.11. The first kappa shape index (κ1) is 18.5. The van der Waals surface area contributed by atoms with Gasteiger partial charge in [0.2, 0.25) is 0 Å². The molecular weight excluding hydrogens is 360 g/mol. The highest BCUT2D eigenvalue weighted by Crippen LogP contribution is 2.41. The first-order valence-corrected chi connectivity index (χ1v) is 8.99. The summed E-state index contributed by atoms with van der Waals surface area (Å²) >= 11 is 0.460. The lowest BCUT2D eigenvalue weighted by Crippen LogP contribution is -2.25. The third-order valence-corrected chi connectivity index (χ3v) is 4.50. The number of anilines is 1. The molecule has 138 valence electrons. The molecule has 0 saturated heterocycles. The molecule has 2 aromatic rings. The van der Waals surface area contributed by atoms with Crippen LogP contribution in [0.25, 0.3) is 0 Å². The number of alkyl halides is 2. The van der Waals surface area contributed by atoms with Gasteiger partial charge in [-0.15, -0.1) is 0 Å². The van der Waals surface area contributed by atoms with Gasteiger partial charge in [-0.1, -0.05) is 23.9 Å². The summed E-state index contributed by atoms with van der Waals surface area (Å²) in [5, 5.41) is 2.68. The van der Waals surface area contributed by atoms with Gasteiger partial charge >= 0.3 is 0 Å². The Morgan fingerprint density at radius 2 is 2.00 bits per heavy atom. The molecule has 26 heavy (non-hydrogen) atoms. The van der Waals surface area contributed by atoms with Gasteiger partial charge in [0, 0.05) is 22.6 Å². The molecular formula is C19H19F2NO3S. The van der Waals surface area contributed by atoms with Crippen LogP contribution < -0.4 is 14.8 Å². The van der Waals surface area contributed by atoms with E-state index < -0.39 is 5.76 Å². The number of carbonyl (C=O) groups is 1. The van der Waals surface area contributed by atoms with E-state index in [0.717, 1.165) is 12.0 Å². The SMILES string of the molecule is CC1(C)Cc2cccc(OCC(=O)Nc3ccc(SC(F)F)cc3)c2O1. The number of carbonyl (C=O) groups excluding carboxylic acids is 1. The summed E-state index contributed by atoms with van der Waals surface area (Å²) in [6.07, 6.45) is 0.786. The quantitative estimate of drug-likeness (QED) is 0.737. The van der Waals surface area contributed by atoms with Crippen LogP contribution in [0, 0.1) is 0 Å². The molecule has 0 radical (unpaired) electrons. The minimum absolute atomic E-state index is 0.173. The van der Waals surface area contributed by atoms with Gasteiger partial charge in [-0.2, -0.15) is 8.78 Å². The Labute approximate surface area is 154 Å². The van der Waals surface area contributed by atoms with Gasteiger partial charge in [0.05, 0.1) is 0 Å². The molecule has 0 fully saturated rings. The summed E-state index contributed by atoms with van der Waals surface area (Å²) in [4.78, 5) is 12.5. The number of para-hydroxylation sites is 1. The Morgan fingerprint density at radius 3 is 2.69 bits per heavy atom. The molecule has 0 atom stereocenters. The van der Waals surface area contributed by atoms with Crippen molar-refractivity contribution in [2.24, 2.45) is 0 Å². The first-order chi connectivity index (χ1) is 12.3. The molecule has 7 heteroatoms. The maximum Gasteiger partial charge on any atom is 0.288 e. The highest BCUT2D eigenvalue weighted by molar-refractivity contribution is 7.99. The Hall–Kier alpha value is -2.28. The summed E-state index contributed by atoms with van der Waals surface area (Å²) in [5.74, 6) is -1.59. The van der Waals surface area contributed by atoms with E-state index in [-0.39, 0.29) is 18.1 Å². The lowest BCUT2D eigenvalue weighted by Gasteiger charge is -2.18. The monoisotopic (exact) mass is 379 g/mol. The number of benzene rings is 2. The fraction of sp³-hybridized carbons (Fsp3) is 0.316. The van der Waals surface area contributed by atoms with E-state index in [9.17, 15) is 13.6 Å². The minimum Gasteiger partial charge on any atom is -0.483 e. The van der Waals surface area contributed by atoms with Crippen molar-refractivity contribution in [2.75, 3.05) is 11.9 Å². The fourth-order valence-electron chi connectivity index (χ4n) is 2.76. The molecule has 1 aliphatic rings. The summed E-state index contributed by atoms with van der Waals surface area (Å²) < 4.78 is 36.1. The Bertz CT molecular complexity index is 794. The third kappa shape index (κ3) is 4.66. The summed E-state index contributed by atoms with van der Waals surface area (Å²) in [6.45, 7) is 3.83. The van der Waals surface area contributed by atoms with Gasteiger partial charge < -0.3 is 14.8 Å². The molecule has 1 heterocycles.